The molecule has 0 saturated heterocycles. The summed E-state index contributed by atoms with van der Waals surface area (Å²) in [7, 11) is 0. The number of alkyl carbamates (subject to hydrolysis) is 1. The minimum atomic E-state index is -3.62. The SMILES string of the molecule is CC(C)(C)OC(=O)NC1CC(F)(F)c2cc(F)c(Br)cc2N(Cc2ccc(Oc3ccccc3)cc2)C1=O. The molecular weight excluding hydrogens is 565 g/mol. The Bertz CT molecular complexity index is 1330. The maximum absolute atomic E-state index is 15.4. The first-order valence-corrected chi connectivity index (χ1v) is 12.6. The van der Waals surface area contributed by atoms with Crippen LogP contribution in [0.1, 0.15) is 38.3 Å². The van der Waals surface area contributed by atoms with Crippen molar-refractivity contribution in [3.05, 3.63) is 88.1 Å². The number of ether oxygens (including phenoxy) is 2. The maximum atomic E-state index is 15.4. The molecule has 1 atom stereocenters. The van der Waals surface area contributed by atoms with Gasteiger partial charge in [0.1, 0.15) is 29.0 Å². The van der Waals surface area contributed by atoms with Gasteiger partial charge in [0.15, 0.2) is 0 Å². The molecule has 1 heterocycles. The van der Waals surface area contributed by atoms with Crippen molar-refractivity contribution in [1.29, 1.82) is 0 Å². The molecule has 0 aliphatic carbocycles. The largest absolute Gasteiger partial charge is 0.457 e. The van der Waals surface area contributed by atoms with E-state index in [-0.39, 0.29) is 16.7 Å². The Hall–Kier alpha value is -3.53. The Kier molecular flexibility index (Phi) is 7.73. The molecule has 0 saturated carbocycles. The van der Waals surface area contributed by atoms with Crippen molar-refractivity contribution >= 4 is 33.6 Å². The summed E-state index contributed by atoms with van der Waals surface area (Å²) < 4.78 is 56.0. The summed E-state index contributed by atoms with van der Waals surface area (Å²) in [6.45, 7) is 4.73. The lowest BCUT2D eigenvalue weighted by atomic mass is 10.0. The number of nitrogens with one attached hydrogen (secondary N) is 1. The van der Waals surface area contributed by atoms with Crippen molar-refractivity contribution in [2.75, 3.05) is 4.90 Å². The molecule has 200 valence electrons. The van der Waals surface area contributed by atoms with Crippen LogP contribution in [0.3, 0.4) is 0 Å². The molecule has 10 heteroatoms. The molecule has 6 nitrogen and oxygen atoms in total. The summed E-state index contributed by atoms with van der Waals surface area (Å²) >= 11 is 3.04. The van der Waals surface area contributed by atoms with Gasteiger partial charge >= 0.3 is 6.09 Å². The lowest BCUT2D eigenvalue weighted by molar-refractivity contribution is -0.123. The van der Waals surface area contributed by atoms with Crippen LogP contribution in [0.5, 0.6) is 11.5 Å². The highest BCUT2D eigenvalue weighted by Crippen LogP contribution is 2.44. The number of carbonyl (C=O) groups excluding carboxylic acids is 2. The fourth-order valence-electron chi connectivity index (χ4n) is 4.01. The number of hydrogen-bond acceptors (Lipinski definition) is 4. The van der Waals surface area contributed by atoms with Crippen LogP contribution in [0, 0.1) is 5.82 Å². The third kappa shape index (κ3) is 6.48. The standard InChI is InChI=1S/C28H26BrF3N2O4/c1-27(2,3)38-26(36)33-23-15-28(31,32)20-13-22(30)21(29)14-24(20)34(25(23)35)16-17-9-11-19(12-10-17)37-18-7-5-4-6-8-18/h4-14,23H,15-16H2,1-3H3,(H,33,36). The number of anilines is 1. The predicted molar refractivity (Wildman–Crippen MR) is 140 cm³/mol. The Morgan fingerprint density at radius 2 is 1.71 bits per heavy atom. The summed E-state index contributed by atoms with van der Waals surface area (Å²) in [5, 5.41) is 2.28. The number of nitrogens with zero attached hydrogens (tertiary/aromatic N) is 1. The zero-order chi connectivity index (χ0) is 27.7. The molecule has 4 rings (SSSR count). The second-order valence-corrected chi connectivity index (χ2v) is 10.7. The van der Waals surface area contributed by atoms with E-state index in [1.54, 1.807) is 57.2 Å². The molecule has 3 aromatic rings. The van der Waals surface area contributed by atoms with E-state index in [1.165, 1.54) is 0 Å². The van der Waals surface area contributed by atoms with Crippen LogP contribution >= 0.6 is 15.9 Å². The quantitative estimate of drug-likeness (QED) is 0.338. The summed E-state index contributed by atoms with van der Waals surface area (Å²) in [5.41, 5.74) is -1.11. The van der Waals surface area contributed by atoms with Crippen LogP contribution in [0.2, 0.25) is 0 Å². The van der Waals surface area contributed by atoms with Gasteiger partial charge in [0.2, 0.25) is 5.91 Å². The second kappa shape index (κ2) is 10.7. The van der Waals surface area contributed by atoms with Crippen LogP contribution in [-0.2, 0) is 22.0 Å². The van der Waals surface area contributed by atoms with Gasteiger partial charge in [-0.1, -0.05) is 30.3 Å². The first-order chi connectivity index (χ1) is 17.8. The first kappa shape index (κ1) is 27.5. The molecule has 1 aliphatic heterocycles. The fourth-order valence-corrected chi connectivity index (χ4v) is 4.34. The zero-order valence-electron chi connectivity index (χ0n) is 20.9. The number of carbonyl (C=O) groups is 2. The molecule has 3 aromatic carbocycles. The molecule has 0 aromatic heterocycles. The van der Waals surface area contributed by atoms with Crippen molar-refractivity contribution in [2.45, 2.75) is 51.3 Å². The van der Waals surface area contributed by atoms with E-state index in [4.69, 9.17) is 9.47 Å². The number of fused-ring (bicyclic) bond motifs is 1. The van der Waals surface area contributed by atoms with Crippen LogP contribution in [0.4, 0.5) is 23.7 Å². The number of benzene rings is 3. The van der Waals surface area contributed by atoms with Gasteiger partial charge in [0, 0.05) is 12.0 Å². The highest BCUT2D eigenvalue weighted by Gasteiger charge is 2.46. The van der Waals surface area contributed by atoms with Crippen molar-refractivity contribution in [1.82, 2.24) is 5.32 Å². The molecule has 38 heavy (non-hydrogen) atoms. The van der Waals surface area contributed by atoms with Gasteiger partial charge in [0.05, 0.1) is 16.7 Å². The number of hydrogen-bond donors (Lipinski definition) is 1. The number of para-hydroxylation sites is 1. The Morgan fingerprint density at radius 3 is 2.34 bits per heavy atom. The second-order valence-electron chi connectivity index (χ2n) is 9.87. The molecular formula is C28H26BrF3N2O4. The van der Waals surface area contributed by atoms with Crippen molar-refractivity contribution in [3.8, 4) is 11.5 Å². The normalized spacial score (nSPS) is 16.9. The molecule has 2 amide bonds. The summed E-state index contributed by atoms with van der Waals surface area (Å²) in [5.74, 6) is -4.10. The van der Waals surface area contributed by atoms with E-state index >= 15 is 8.78 Å². The van der Waals surface area contributed by atoms with Gasteiger partial charge in [-0.3, -0.25) is 4.79 Å². The van der Waals surface area contributed by atoms with Crippen molar-refractivity contribution < 1.29 is 32.2 Å². The van der Waals surface area contributed by atoms with Gasteiger partial charge < -0.3 is 19.7 Å². The molecule has 0 fully saturated rings. The van der Waals surface area contributed by atoms with Gasteiger partial charge in [-0.15, -0.1) is 0 Å². The minimum absolute atomic E-state index is 0.0741. The van der Waals surface area contributed by atoms with Crippen LogP contribution < -0.4 is 15.0 Å². The maximum Gasteiger partial charge on any atom is 0.408 e. The first-order valence-electron chi connectivity index (χ1n) is 11.8. The molecule has 1 aliphatic rings. The summed E-state index contributed by atoms with van der Waals surface area (Å²) in [4.78, 5) is 27.1. The molecule has 0 bridgehead atoms. The topological polar surface area (TPSA) is 67.9 Å². The number of amides is 2. The van der Waals surface area contributed by atoms with Crippen LogP contribution in [-0.4, -0.2) is 23.6 Å². The Morgan fingerprint density at radius 1 is 1.08 bits per heavy atom. The monoisotopic (exact) mass is 590 g/mol. The van der Waals surface area contributed by atoms with E-state index in [0.717, 1.165) is 11.0 Å². The fraction of sp³-hybridized carbons (Fsp3) is 0.286. The smallest absolute Gasteiger partial charge is 0.408 e. The highest BCUT2D eigenvalue weighted by atomic mass is 79.9. The van der Waals surface area contributed by atoms with Crippen LogP contribution in [0.25, 0.3) is 0 Å². The molecule has 1 unspecified atom stereocenters. The number of rotatable bonds is 5. The zero-order valence-corrected chi connectivity index (χ0v) is 22.5. The lowest BCUT2D eigenvalue weighted by Crippen LogP contribution is -2.49. The number of halogens is 4. The highest BCUT2D eigenvalue weighted by molar-refractivity contribution is 9.10. The van der Waals surface area contributed by atoms with Gasteiger partial charge in [-0.25, -0.2) is 18.0 Å². The van der Waals surface area contributed by atoms with E-state index in [2.05, 4.69) is 21.2 Å². The summed E-state index contributed by atoms with van der Waals surface area (Å²) in [6.07, 6.45) is -2.06. The van der Waals surface area contributed by atoms with E-state index in [9.17, 15) is 14.0 Å². The van der Waals surface area contributed by atoms with E-state index < -0.39 is 47.4 Å². The van der Waals surface area contributed by atoms with Crippen molar-refractivity contribution in [2.24, 2.45) is 0 Å². The third-order valence-electron chi connectivity index (χ3n) is 5.68. The van der Waals surface area contributed by atoms with Gasteiger partial charge in [0.25, 0.3) is 5.92 Å². The molecule has 0 radical (unpaired) electrons. The number of alkyl halides is 2. The Balaban J connectivity index is 1.66. The van der Waals surface area contributed by atoms with Crippen LogP contribution in [0.15, 0.2) is 71.2 Å². The predicted octanol–water partition coefficient (Wildman–Crippen LogP) is 7.30. The van der Waals surface area contributed by atoms with Crippen molar-refractivity contribution in [3.63, 3.8) is 0 Å². The minimum Gasteiger partial charge on any atom is -0.457 e. The van der Waals surface area contributed by atoms with Gasteiger partial charge in [-0.2, -0.15) is 0 Å². The van der Waals surface area contributed by atoms with E-state index in [1.807, 2.05) is 18.2 Å². The van der Waals surface area contributed by atoms with Gasteiger partial charge in [-0.05, 0) is 78.7 Å². The summed E-state index contributed by atoms with van der Waals surface area (Å²) in [6, 6.07) is 16.2. The molecule has 1 N–H and O–H groups in total. The Labute approximate surface area is 226 Å². The van der Waals surface area contributed by atoms with E-state index in [0.29, 0.717) is 23.1 Å². The average molecular weight is 591 g/mol. The lowest BCUT2D eigenvalue weighted by Gasteiger charge is -2.27. The molecule has 0 spiro atoms. The average Bonchev–Trinajstić information content (AvgIpc) is 2.89. The third-order valence-corrected chi connectivity index (χ3v) is 6.29.